The number of ketones is 1. The van der Waals surface area contributed by atoms with Gasteiger partial charge in [0.15, 0.2) is 12.4 Å². The Hall–Kier alpha value is -5.64. The number of unbranched alkanes of at least 4 members (excludes halogenated alkanes) is 6. The Morgan fingerprint density at radius 1 is 0.713 bits per heavy atom. The number of alkyl carbamates (subject to hydrolysis) is 1. The van der Waals surface area contributed by atoms with Crippen molar-refractivity contribution in [2.75, 3.05) is 97.5 Å². The highest BCUT2D eigenvalue weighted by molar-refractivity contribution is 6.18. The van der Waals surface area contributed by atoms with Crippen LogP contribution in [-0.4, -0.2) is 187 Å². The molecule has 3 amide bonds. The van der Waals surface area contributed by atoms with Crippen LogP contribution in [0.25, 0.3) is 0 Å². The van der Waals surface area contributed by atoms with E-state index in [1.54, 1.807) is 29.2 Å². The van der Waals surface area contributed by atoms with E-state index in [4.69, 9.17) is 56.4 Å². The number of aliphatic hydroxyl groups excluding tert-OH is 4. The molecular formula is C55H76Cl2N6O17. The van der Waals surface area contributed by atoms with Gasteiger partial charge in [-0.3, -0.25) is 28.7 Å². The van der Waals surface area contributed by atoms with Gasteiger partial charge in [0.1, 0.15) is 41.6 Å². The third kappa shape index (κ3) is 24.6. The van der Waals surface area contributed by atoms with Gasteiger partial charge in [0.2, 0.25) is 0 Å². The minimum atomic E-state index is -0.944. The van der Waals surface area contributed by atoms with Gasteiger partial charge in [-0.1, -0.05) is 68.1 Å². The summed E-state index contributed by atoms with van der Waals surface area (Å²) in [6, 6.07) is 6.39. The molecule has 23 nitrogen and oxygen atoms in total. The number of Topliss-reactive ketones (excluding diaryl/α,β-unsaturated/α-hetero) is 1. The highest BCUT2D eigenvalue weighted by Gasteiger charge is 2.39. The van der Waals surface area contributed by atoms with Gasteiger partial charge in [-0.15, -0.1) is 23.2 Å². The molecule has 8 N–H and O–H groups in total. The highest BCUT2D eigenvalue weighted by atomic mass is 35.5. The van der Waals surface area contributed by atoms with Crippen LogP contribution in [0.1, 0.15) is 110 Å². The first-order valence-corrected chi connectivity index (χ1v) is 27.8. The topological polar surface area (TPSA) is 308 Å². The van der Waals surface area contributed by atoms with Crippen LogP contribution in [0, 0.1) is 23.7 Å². The summed E-state index contributed by atoms with van der Waals surface area (Å²) in [7, 11) is 0. The molecule has 0 aliphatic carbocycles. The van der Waals surface area contributed by atoms with Crippen molar-refractivity contribution in [3.63, 3.8) is 0 Å². The number of benzene rings is 1. The summed E-state index contributed by atoms with van der Waals surface area (Å²) in [4.78, 5) is 76.8. The van der Waals surface area contributed by atoms with E-state index in [9.17, 15) is 49.2 Å². The molecule has 3 aliphatic rings. The fourth-order valence-electron chi connectivity index (χ4n) is 7.88. The number of halogens is 2. The van der Waals surface area contributed by atoms with Crippen molar-refractivity contribution < 1.29 is 72.8 Å². The number of hydrogen-bond acceptors (Lipinski definition) is 18. The number of ether oxygens (including phenoxy) is 7. The quantitative estimate of drug-likeness (QED) is 0.0220. The van der Waals surface area contributed by atoms with Crippen LogP contribution in [0.15, 0.2) is 64.2 Å². The molecule has 2 fully saturated rings. The van der Waals surface area contributed by atoms with Crippen molar-refractivity contribution in [1.29, 1.82) is 0 Å². The summed E-state index contributed by atoms with van der Waals surface area (Å²) in [6.45, 7) is 7.12. The van der Waals surface area contributed by atoms with Crippen molar-refractivity contribution in [3.8, 4) is 23.7 Å². The van der Waals surface area contributed by atoms with Crippen molar-refractivity contribution in [2.45, 2.75) is 114 Å². The molecular weight excluding hydrogens is 1090 g/mol. The molecule has 25 heteroatoms. The zero-order valence-electron chi connectivity index (χ0n) is 45.0. The average Bonchev–Trinajstić information content (AvgIpc) is 4.11. The number of alkyl halides is 2. The number of hydrogen-bond donors (Lipinski definition) is 8. The molecule has 442 valence electrons. The molecule has 1 aromatic heterocycles. The summed E-state index contributed by atoms with van der Waals surface area (Å²) in [5.74, 6) is 11.4. The first-order valence-electron chi connectivity index (χ1n) is 26.8. The van der Waals surface area contributed by atoms with E-state index in [1.807, 2.05) is 0 Å². The van der Waals surface area contributed by atoms with Crippen LogP contribution in [0.3, 0.4) is 0 Å². The molecule has 2 aromatic rings. The maximum atomic E-state index is 12.5. The van der Waals surface area contributed by atoms with E-state index in [0.29, 0.717) is 82.0 Å². The van der Waals surface area contributed by atoms with Gasteiger partial charge in [-0.2, -0.15) is 0 Å². The zero-order valence-corrected chi connectivity index (χ0v) is 46.5. The van der Waals surface area contributed by atoms with E-state index >= 15 is 0 Å². The average molecular weight is 1160 g/mol. The second-order valence-corrected chi connectivity index (χ2v) is 19.1. The van der Waals surface area contributed by atoms with Gasteiger partial charge in [0.05, 0.1) is 65.0 Å². The zero-order chi connectivity index (χ0) is 57.9. The predicted octanol–water partition coefficient (Wildman–Crippen LogP) is 2.56. The van der Waals surface area contributed by atoms with Gasteiger partial charge < -0.3 is 74.4 Å². The Morgan fingerprint density at radius 3 is 1.88 bits per heavy atom. The summed E-state index contributed by atoms with van der Waals surface area (Å²) < 4.78 is 39.0. The van der Waals surface area contributed by atoms with Crippen LogP contribution in [0.4, 0.5) is 4.79 Å². The number of nitrogens with one attached hydrogen (secondary N) is 4. The van der Waals surface area contributed by atoms with Crippen molar-refractivity contribution in [2.24, 2.45) is 0 Å². The SMILES string of the molecule is C=C1NC(=O)C(C#CCNC(=O)c2ccc(C(=O)CCCOCCOCCCCCCCl)cc2)=CN1[C@H]1CC(O)[C@@H](CO)O1.O=C(NCCOCCOCCCCCCCl)OCC#Cc1cn([C@H]2CC(O)[C@@H](CO)O2)c(=O)[nH]c1=O. The lowest BCUT2D eigenvalue weighted by Crippen LogP contribution is -2.43. The fraction of sp³-hybridized carbons (Fsp3) is 0.600. The van der Waals surface area contributed by atoms with Crippen molar-refractivity contribution in [1.82, 2.24) is 30.4 Å². The number of aromatic nitrogens is 2. The number of aliphatic hydroxyl groups is 4. The third-order valence-corrected chi connectivity index (χ3v) is 12.8. The number of H-pyrrole nitrogens is 1. The predicted molar refractivity (Wildman–Crippen MR) is 295 cm³/mol. The third-order valence-electron chi connectivity index (χ3n) is 12.3. The summed E-state index contributed by atoms with van der Waals surface area (Å²) >= 11 is 11.3. The number of nitrogens with zero attached hydrogens (tertiary/aromatic N) is 2. The van der Waals surface area contributed by atoms with Gasteiger partial charge in [-0.25, -0.2) is 9.59 Å². The second kappa shape index (κ2) is 38.9. The molecule has 0 spiro atoms. The molecule has 0 radical (unpaired) electrons. The minimum Gasteiger partial charge on any atom is -0.436 e. The molecule has 3 aliphatic heterocycles. The number of rotatable bonds is 33. The van der Waals surface area contributed by atoms with E-state index in [1.165, 1.54) is 12.4 Å². The highest BCUT2D eigenvalue weighted by Crippen LogP contribution is 2.28. The number of amides is 3. The smallest absolute Gasteiger partial charge is 0.408 e. The monoisotopic (exact) mass is 1160 g/mol. The maximum Gasteiger partial charge on any atom is 0.408 e. The lowest BCUT2D eigenvalue weighted by Gasteiger charge is -2.32. The largest absolute Gasteiger partial charge is 0.436 e. The number of aromatic amines is 1. The molecule has 80 heavy (non-hydrogen) atoms. The Balaban J connectivity index is 0.000000352. The van der Waals surface area contributed by atoms with Crippen LogP contribution in [-0.2, 0) is 38.0 Å². The van der Waals surface area contributed by atoms with E-state index < -0.39 is 66.7 Å². The lowest BCUT2D eigenvalue weighted by molar-refractivity contribution is -0.118. The molecule has 4 heterocycles. The summed E-state index contributed by atoms with van der Waals surface area (Å²) in [6.07, 6.45) is 6.92. The van der Waals surface area contributed by atoms with Crippen molar-refractivity contribution >= 4 is 46.9 Å². The molecule has 6 atom stereocenters. The summed E-state index contributed by atoms with van der Waals surface area (Å²) in [5.41, 5.74) is -0.470. The van der Waals surface area contributed by atoms with E-state index in [0.717, 1.165) is 62.5 Å². The molecule has 0 saturated carbocycles. The first-order chi connectivity index (χ1) is 38.8. The van der Waals surface area contributed by atoms with Crippen LogP contribution >= 0.6 is 23.2 Å². The molecule has 5 rings (SSSR count). The number of carbonyl (C=O) groups excluding carboxylic acids is 4. The molecule has 2 saturated heterocycles. The maximum absolute atomic E-state index is 12.5. The Kier molecular flexibility index (Phi) is 32.5. The Labute approximate surface area is 475 Å². The van der Waals surface area contributed by atoms with Gasteiger partial charge in [-0.05, 0) is 44.2 Å². The minimum absolute atomic E-state index is 0.0179. The number of carbonyl (C=O) groups is 4. The Bertz CT molecular complexity index is 2520. The lowest BCUT2D eigenvalue weighted by atomic mass is 10.0. The fourth-order valence-corrected chi connectivity index (χ4v) is 8.26. The molecule has 1 aromatic carbocycles. The first kappa shape index (κ1) is 66.9. The molecule has 2 unspecified atom stereocenters. The van der Waals surface area contributed by atoms with Crippen LogP contribution < -0.4 is 27.2 Å². The summed E-state index contributed by atoms with van der Waals surface area (Å²) in [5, 5.41) is 46.2. The van der Waals surface area contributed by atoms with E-state index in [2.05, 4.69) is 51.2 Å². The van der Waals surface area contributed by atoms with Gasteiger partial charge >= 0.3 is 11.8 Å². The van der Waals surface area contributed by atoms with Crippen LogP contribution in [0.5, 0.6) is 0 Å². The Morgan fingerprint density at radius 2 is 1.27 bits per heavy atom. The van der Waals surface area contributed by atoms with Crippen molar-refractivity contribution in [3.05, 3.63) is 92.2 Å². The van der Waals surface area contributed by atoms with Gasteiger partial charge in [0.25, 0.3) is 17.4 Å². The molecule has 0 bridgehead atoms. The normalized spacial score (nSPS) is 19.4. The van der Waals surface area contributed by atoms with Crippen LogP contribution in [0.2, 0.25) is 0 Å². The second-order valence-electron chi connectivity index (χ2n) is 18.3. The van der Waals surface area contributed by atoms with E-state index in [-0.39, 0.29) is 67.8 Å². The van der Waals surface area contributed by atoms with Gasteiger partial charge in [0, 0.05) is 80.9 Å². The standard InChI is InChI=1S/C32H42ClN3O8.C23H34ClN3O9/c1-23-35-32(41)26(21-36(23)30-20-28(39)29(22-37)44-30)8-6-15-34-31(40)25-12-10-24(11-13-25)27(38)9-7-17-43-19-18-42-16-5-3-2-4-14-33;24-7-3-1-2-4-9-33-12-13-34-11-8-25-23(32)35-10-5-6-17-15-27(22(31)26-21(17)30)20-14-18(29)19(16-28)36-20/h10-13,21,28-30,37,39H,1-5,7,9,14-20,22H2,(H,34,40)(H,35,41);15,18-20,28-29H,1-4,7-14,16H2,(H,25,32)(H,26,30,31)/t28?,29-,30-;18?,19-,20-/m11/s1.